The summed E-state index contributed by atoms with van der Waals surface area (Å²) in [6, 6.07) is 2.29. The lowest BCUT2D eigenvalue weighted by Gasteiger charge is -2.34. The van der Waals surface area contributed by atoms with Crippen molar-refractivity contribution in [2.24, 2.45) is 11.8 Å². The predicted molar refractivity (Wildman–Crippen MR) is 148 cm³/mol. The van der Waals surface area contributed by atoms with Gasteiger partial charge in [0, 0.05) is 42.8 Å². The number of halogens is 1. The van der Waals surface area contributed by atoms with Crippen LogP contribution >= 0.6 is 15.9 Å². The standard InChI is InChI=1S/C29H42BrN3O4/c1-19-14-24-23(16-31-33(24)25-9-5-6-12-36-25)27(30)26(19)22-15-21(22)18-35-13-10-20-8-7-11-32(17-20)28(34)37-29(2,3)4/h14,16,20-22,25H,5-13,15,17-18H2,1-4H3/t20-,21?,22?,25?/m0/s1. The van der Waals surface area contributed by atoms with E-state index in [9.17, 15) is 4.79 Å². The van der Waals surface area contributed by atoms with E-state index >= 15 is 0 Å². The number of nitrogens with zero attached hydrogens (tertiary/aromatic N) is 3. The average Bonchev–Trinajstić information content (AvgIpc) is 3.48. The molecule has 3 unspecified atom stereocenters. The van der Waals surface area contributed by atoms with Gasteiger partial charge in [-0.05, 0) is 124 Å². The summed E-state index contributed by atoms with van der Waals surface area (Å²) < 4.78 is 21.0. The number of hydrogen-bond acceptors (Lipinski definition) is 5. The van der Waals surface area contributed by atoms with Crippen LogP contribution in [0.5, 0.6) is 0 Å². The molecule has 7 nitrogen and oxygen atoms in total. The molecule has 204 valence electrons. The van der Waals surface area contributed by atoms with Gasteiger partial charge in [-0.2, -0.15) is 5.10 Å². The van der Waals surface area contributed by atoms with Crippen LogP contribution in [0, 0.1) is 18.8 Å². The Kier molecular flexibility index (Phi) is 8.18. The summed E-state index contributed by atoms with van der Waals surface area (Å²) in [4.78, 5) is 14.3. The molecule has 5 rings (SSSR count). The maximum Gasteiger partial charge on any atom is 0.410 e. The van der Waals surface area contributed by atoms with Crippen molar-refractivity contribution in [1.29, 1.82) is 0 Å². The summed E-state index contributed by atoms with van der Waals surface area (Å²) in [7, 11) is 0. The van der Waals surface area contributed by atoms with E-state index in [1.54, 1.807) is 0 Å². The van der Waals surface area contributed by atoms with Crippen molar-refractivity contribution in [3.63, 3.8) is 0 Å². The van der Waals surface area contributed by atoms with E-state index in [0.29, 0.717) is 17.8 Å². The minimum Gasteiger partial charge on any atom is -0.444 e. The number of piperidine rings is 1. The normalized spacial score (nSPS) is 26.5. The van der Waals surface area contributed by atoms with Gasteiger partial charge in [0.15, 0.2) is 6.23 Å². The molecule has 1 aromatic heterocycles. The summed E-state index contributed by atoms with van der Waals surface area (Å²) in [6.45, 7) is 11.9. The maximum atomic E-state index is 12.4. The number of benzene rings is 1. The third-order valence-corrected chi connectivity index (χ3v) is 8.83. The van der Waals surface area contributed by atoms with Crippen molar-refractivity contribution in [2.45, 2.75) is 90.4 Å². The summed E-state index contributed by atoms with van der Waals surface area (Å²) in [5, 5.41) is 5.88. The van der Waals surface area contributed by atoms with Crippen LogP contribution in [0.2, 0.25) is 0 Å². The Hall–Kier alpha value is -1.64. The molecule has 4 atom stereocenters. The Morgan fingerprint density at radius 1 is 1.24 bits per heavy atom. The quantitative estimate of drug-likeness (QED) is 0.334. The third-order valence-electron chi connectivity index (χ3n) is 7.98. The van der Waals surface area contributed by atoms with E-state index in [1.165, 1.54) is 33.8 Å². The molecule has 0 N–H and O–H groups in total. The number of hydrogen-bond donors (Lipinski definition) is 0. The Bertz CT molecular complexity index is 1100. The molecular weight excluding hydrogens is 534 g/mol. The van der Waals surface area contributed by atoms with Crippen LogP contribution in [0.3, 0.4) is 0 Å². The van der Waals surface area contributed by atoms with Crippen LogP contribution in [0.15, 0.2) is 16.7 Å². The summed E-state index contributed by atoms with van der Waals surface area (Å²) >= 11 is 3.93. The lowest BCUT2D eigenvalue weighted by molar-refractivity contribution is -0.0366. The molecule has 8 heteroatoms. The molecule has 3 fully saturated rings. The zero-order valence-corrected chi connectivity index (χ0v) is 24.4. The third kappa shape index (κ3) is 6.34. The lowest BCUT2D eigenvalue weighted by Crippen LogP contribution is -2.43. The molecule has 1 aromatic carbocycles. The second-order valence-corrected chi connectivity index (χ2v) is 13.0. The van der Waals surface area contributed by atoms with Gasteiger partial charge in [-0.25, -0.2) is 9.48 Å². The largest absolute Gasteiger partial charge is 0.444 e. The first-order valence-corrected chi connectivity index (χ1v) is 14.8. The summed E-state index contributed by atoms with van der Waals surface area (Å²) in [6.07, 6.45) is 9.55. The number of fused-ring (bicyclic) bond motifs is 1. The Morgan fingerprint density at radius 3 is 2.84 bits per heavy atom. The van der Waals surface area contributed by atoms with Crippen molar-refractivity contribution in [1.82, 2.24) is 14.7 Å². The second-order valence-electron chi connectivity index (χ2n) is 12.2. The zero-order valence-electron chi connectivity index (χ0n) is 22.8. The predicted octanol–water partition coefficient (Wildman–Crippen LogP) is 6.96. The topological polar surface area (TPSA) is 65.8 Å². The van der Waals surface area contributed by atoms with Gasteiger partial charge in [-0.15, -0.1) is 0 Å². The SMILES string of the molecule is Cc1cc2c(cnn2C2CCCCO2)c(Br)c1C1CC1COCC[C@@H]1CCCN(C(=O)OC(C)(C)C)C1. The fourth-order valence-corrected chi connectivity index (χ4v) is 6.86. The highest BCUT2D eigenvalue weighted by Gasteiger charge is 2.41. The van der Waals surface area contributed by atoms with Gasteiger partial charge >= 0.3 is 6.09 Å². The van der Waals surface area contributed by atoms with E-state index in [1.807, 2.05) is 31.9 Å². The molecule has 37 heavy (non-hydrogen) atoms. The van der Waals surface area contributed by atoms with Crippen molar-refractivity contribution in [3.8, 4) is 0 Å². The molecule has 1 aliphatic carbocycles. The first-order chi connectivity index (χ1) is 17.7. The van der Waals surface area contributed by atoms with Crippen LogP contribution in [-0.2, 0) is 14.2 Å². The Labute approximate surface area is 229 Å². The molecule has 1 amide bonds. The number of rotatable bonds is 7. The van der Waals surface area contributed by atoms with Gasteiger partial charge in [-0.3, -0.25) is 0 Å². The van der Waals surface area contributed by atoms with Gasteiger partial charge in [0.05, 0.1) is 11.7 Å². The number of carbonyl (C=O) groups excluding carboxylic acids is 1. The smallest absolute Gasteiger partial charge is 0.410 e. The minimum atomic E-state index is -0.448. The van der Waals surface area contributed by atoms with Crippen molar-refractivity contribution >= 4 is 32.9 Å². The highest BCUT2D eigenvalue weighted by Crippen LogP contribution is 2.52. The van der Waals surface area contributed by atoms with Crippen LogP contribution in [0.4, 0.5) is 4.79 Å². The molecular formula is C29H42BrN3O4. The van der Waals surface area contributed by atoms with E-state index in [4.69, 9.17) is 19.3 Å². The van der Waals surface area contributed by atoms with E-state index < -0.39 is 5.60 Å². The fraction of sp³-hybridized carbons (Fsp3) is 0.724. The van der Waals surface area contributed by atoms with Crippen LogP contribution < -0.4 is 0 Å². The van der Waals surface area contributed by atoms with Gasteiger partial charge < -0.3 is 19.1 Å². The Morgan fingerprint density at radius 2 is 2.08 bits per heavy atom. The molecule has 0 bridgehead atoms. The summed E-state index contributed by atoms with van der Waals surface area (Å²) in [5.41, 5.74) is 3.43. The highest BCUT2D eigenvalue weighted by molar-refractivity contribution is 9.10. The molecule has 0 spiro atoms. The number of carbonyl (C=O) groups is 1. The number of aryl methyl sites for hydroxylation is 1. The van der Waals surface area contributed by atoms with Gasteiger partial charge in [0.1, 0.15) is 5.60 Å². The van der Waals surface area contributed by atoms with E-state index in [-0.39, 0.29) is 12.3 Å². The first kappa shape index (κ1) is 26.9. The van der Waals surface area contributed by atoms with Gasteiger partial charge in [-0.1, -0.05) is 0 Å². The molecule has 3 heterocycles. The molecule has 1 saturated carbocycles. The number of aromatic nitrogens is 2. The maximum absolute atomic E-state index is 12.4. The number of likely N-dealkylation sites (tertiary alicyclic amines) is 1. The fourth-order valence-electron chi connectivity index (χ4n) is 5.95. The van der Waals surface area contributed by atoms with E-state index in [0.717, 1.165) is 70.5 Å². The lowest BCUT2D eigenvalue weighted by atomic mass is 9.95. The highest BCUT2D eigenvalue weighted by atomic mass is 79.9. The average molecular weight is 577 g/mol. The van der Waals surface area contributed by atoms with Crippen LogP contribution in [0.1, 0.15) is 89.0 Å². The van der Waals surface area contributed by atoms with Gasteiger partial charge in [0.25, 0.3) is 0 Å². The molecule has 2 saturated heterocycles. The van der Waals surface area contributed by atoms with E-state index in [2.05, 4.69) is 33.6 Å². The molecule has 0 radical (unpaired) electrons. The number of ether oxygens (including phenoxy) is 3. The molecule has 3 aliphatic rings. The zero-order chi connectivity index (χ0) is 26.2. The number of amides is 1. The second kappa shape index (κ2) is 11.2. The van der Waals surface area contributed by atoms with Crippen LogP contribution in [0.25, 0.3) is 10.9 Å². The molecule has 2 aliphatic heterocycles. The first-order valence-electron chi connectivity index (χ1n) is 14.0. The molecule has 2 aromatic rings. The van der Waals surface area contributed by atoms with Crippen molar-refractivity contribution < 1.29 is 19.0 Å². The minimum absolute atomic E-state index is 0.0471. The van der Waals surface area contributed by atoms with Gasteiger partial charge in [0.2, 0.25) is 0 Å². The van der Waals surface area contributed by atoms with Crippen molar-refractivity contribution in [2.75, 3.05) is 32.9 Å². The Balaban J connectivity index is 1.11. The summed E-state index contributed by atoms with van der Waals surface area (Å²) in [5.74, 6) is 1.58. The van der Waals surface area contributed by atoms with Crippen molar-refractivity contribution in [3.05, 3.63) is 27.9 Å². The van der Waals surface area contributed by atoms with Crippen LogP contribution in [-0.4, -0.2) is 59.3 Å². The monoisotopic (exact) mass is 575 g/mol.